The minimum atomic E-state index is -3.34. The SMILES string of the molecule is CS(=O)(=O)Nc1cccc2c1CC[C@@H]1NCCc3cc(Cl)c(O)cc3[C@@H]21. The van der Waals surface area contributed by atoms with E-state index in [1.807, 2.05) is 18.2 Å². The molecule has 0 saturated heterocycles. The van der Waals surface area contributed by atoms with E-state index >= 15 is 0 Å². The Bertz CT molecular complexity index is 975. The smallest absolute Gasteiger partial charge is 0.229 e. The molecule has 0 fully saturated rings. The van der Waals surface area contributed by atoms with Crippen LogP contribution >= 0.6 is 11.6 Å². The van der Waals surface area contributed by atoms with Gasteiger partial charge in [-0.05, 0) is 66.3 Å². The maximum atomic E-state index is 11.7. The fraction of sp³-hybridized carbons (Fsp3) is 0.368. The van der Waals surface area contributed by atoms with Gasteiger partial charge in [-0.3, -0.25) is 4.72 Å². The third-order valence-corrected chi connectivity index (χ3v) is 6.19. The topological polar surface area (TPSA) is 78.4 Å². The summed E-state index contributed by atoms with van der Waals surface area (Å²) in [5, 5.41) is 14.1. The van der Waals surface area contributed by atoms with E-state index in [1.54, 1.807) is 6.07 Å². The summed E-state index contributed by atoms with van der Waals surface area (Å²) in [6, 6.07) is 9.62. The van der Waals surface area contributed by atoms with Gasteiger partial charge in [0.25, 0.3) is 0 Å². The Morgan fingerprint density at radius 1 is 1.23 bits per heavy atom. The zero-order valence-corrected chi connectivity index (χ0v) is 16.0. The Labute approximate surface area is 158 Å². The summed E-state index contributed by atoms with van der Waals surface area (Å²) < 4.78 is 26.1. The molecular formula is C19H21ClN2O3S. The zero-order chi connectivity index (χ0) is 18.5. The molecule has 1 aliphatic heterocycles. The van der Waals surface area contributed by atoms with Crippen molar-refractivity contribution in [3.05, 3.63) is 57.6 Å². The Hall–Kier alpha value is -1.76. The number of hydrogen-bond donors (Lipinski definition) is 3. The van der Waals surface area contributed by atoms with Gasteiger partial charge in [-0.1, -0.05) is 23.7 Å². The lowest BCUT2D eigenvalue weighted by Crippen LogP contribution is -2.38. The first-order chi connectivity index (χ1) is 12.3. The highest BCUT2D eigenvalue weighted by Gasteiger charge is 2.35. The minimum absolute atomic E-state index is 0.0562. The lowest BCUT2D eigenvalue weighted by molar-refractivity contribution is 0.432. The van der Waals surface area contributed by atoms with Crippen LogP contribution in [-0.2, 0) is 22.9 Å². The molecule has 4 rings (SSSR count). The van der Waals surface area contributed by atoms with Crippen LogP contribution in [-0.4, -0.2) is 32.4 Å². The summed E-state index contributed by atoms with van der Waals surface area (Å²) in [6.07, 6.45) is 3.72. The number of aromatic hydroxyl groups is 1. The highest BCUT2D eigenvalue weighted by atomic mass is 35.5. The fourth-order valence-corrected chi connectivity index (χ4v) is 5.05. The van der Waals surface area contributed by atoms with E-state index < -0.39 is 10.0 Å². The van der Waals surface area contributed by atoms with Crippen LogP contribution in [0.15, 0.2) is 30.3 Å². The van der Waals surface area contributed by atoms with Crippen LogP contribution in [0.2, 0.25) is 5.02 Å². The minimum Gasteiger partial charge on any atom is -0.506 e. The van der Waals surface area contributed by atoms with Crippen LogP contribution in [0.1, 0.15) is 34.6 Å². The van der Waals surface area contributed by atoms with Crippen molar-refractivity contribution in [2.45, 2.75) is 31.2 Å². The number of nitrogens with one attached hydrogen (secondary N) is 2. The van der Waals surface area contributed by atoms with Gasteiger partial charge in [-0.15, -0.1) is 0 Å². The van der Waals surface area contributed by atoms with Crippen molar-refractivity contribution in [1.82, 2.24) is 5.32 Å². The van der Waals surface area contributed by atoms with E-state index in [0.717, 1.165) is 48.1 Å². The molecule has 3 N–H and O–H groups in total. The highest BCUT2D eigenvalue weighted by molar-refractivity contribution is 7.92. The van der Waals surface area contributed by atoms with Crippen molar-refractivity contribution in [1.29, 1.82) is 0 Å². The lowest BCUT2D eigenvalue weighted by Gasteiger charge is -2.35. The van der Waals surface area contributed by atoms with Crippen molar-refractivity contribution < 1.29 is 13.5 Å². The normalized spacial score (nSPS) is 21.9. The molecule has 1 aliphatic carbocycles. The molecule has 0 amide bonds. The lowest BCUT2D eigenvalue weighted by atomic mass is 9.74. The van der Waals surface area contributed by atoms with Gasteiger partial charge in [0, 0.05) is 12.0 Å². The molecule has 7 heteroatoms. The molecule has 138 valence electrons. The maximum absolute atomic E-state index is 11.7. The molecule has 26 heavy (non-hydrogen) atoms. The number of hydrogen-bond acceptors (Lipinski definition) is 4. The molecule has 0 unspecified atom stereocenters. The number of rotatable bonds is 2. The first-order valence-corrected chi connectivity index (χ1v) is 10.9. The predicted octanol–water partition coefficient (Wildman–Crippen LogP) is 3.01. The summed E-state index contributed by atoms with van der Waals surface area (Å²) in [5.41, 5.74) is 4.98. The molecule has 0 radical (unpaired) electrons. The summed E-state index contributed by atoms with van der Waals surface area (Å²) in [4.78, 5) is 0. The Morgan fingerprint density at radius 3 is 2.81 bits per heavy atom. The van der Waals surface area contributed by atoms with Crippen molar-refractivity contribution in [2.75, 3.05) is 17.5 Å². The number of phenols is 1. The van der Waals surface area contributed by atoms with Gasteiger partial charge in [0.1, 0.15) is 5.75 Å². The van der Waals surface area contributed by atoms with E-state index in [9.17, 15) is 13.5 Å². The summed E-state index contributed by atoms with van der Waals surface area (Å²) in [5.74, 6) is 0.143. The molecule has 0 aromatic heterocycles. The quantitative estimate of drug-likeness (QED) is 0.734. The van der Waals surface area contributed by atoms with E-state index in [4.69, 9.17) is 11.6 Å². The van der Waals surface area contributed by atoms with Crippen LogP contribution in [0.4, 0.5) is 5.69 Å². The predicted molar refractivity (Wildman–Crippen MR) is 104 cm³/mol. The van der Waals surface area contributed by atoms with Crippen molar-refractivity contribution in [2.24, 2.45) is 0 Å². The van der Waals surface area contributed by atoms with Crippen LogP contribution in [0.3, 0.4) is 0 Å². The van der Waals surface area contributed by atoms with Crippen LogP contribution in [0.5, 0.6) is 5.75 Å². The van der Waals surface area contributed by atoms with E-state index in [2.05, 4.69) is 16.1 Å². The largest absolute Gasteiger partial charge is 0.506 e. The zero-order valence-electron chi connectivity index (χ0n) is 14.4. The van der Waals surface area contributed by atoms with Gasteiger partial charge >= 0.3 is 0 Å². The Morgan fingerprint density at radius 2 is 2.04 bits per heavy atom. The third kappa shape index (κ3) is 3.17. The van der Waals surface area contributed by atoms with Crippen LogP contribution in [0, 0.1) is 0 Å². The third-order valence-electron chi connectivity index (χ3n) is 5.29. The second kappa shape index (κ2) is 6.44. The molecular weight excluding hydrogens is 372 g/mol. The van der Waals surface area contributed by atoms with Gasteiger partial charge in [-0.25, -0.2) is 8.42 Å². The summed E-state index contributed by atoms with van der Waals surface area (Å²) in [7, 11) is -3.34. The molecule has 0 saturated carbocycles. The molecule has 2 atom stereocenters. The van der Waals surface area contributed by atoms with Crippen LogP contribution in [0.25, 0.3) is 0 Å². The Kier molecular flexibility index (Phi) is 4.37. The van der Waals surface area contributed by atoms with Crippen LogP contribution < -0.4 is 10.0 Å². The van der Waals surface area contributed by atoms with Crippen molar-refractivity contribution in [3.8, 4) is 5.75 Å². The number of anilines is 1. The van der Waals surface area contributed by atoms with E-state index in [0.29, 0.717) is 10.7 Å². The number of sulfonamides is 1. The molecule has 0 bridgehead atoms. The average Bonchev–Trinajstić information content (AvgIpc) is 2.73. The van der Waals surface area contributed by atoms with Gasteiger partial charge in [0.2, 0.25) is 10.0 Å². The molecule has 1 heterocycles. The fourth-order valence-electron chi connectivity index (χ4n) is 4.28. The van der Waals surface area contributed by atoms with E-state index in [1.165, 1.54) is 6.26 Å². The summed E-state index contributed by atoms with van der Waals surface area (Å²) in [6.45, 7) is 0.853. The van der Waals surface area contributed by atoms with Crippen molar-refractivity contribution >= 4 is 27.3 Å². The molecule has 0 spiro atoms. The molecule has 2 aromatic rings. The van der Waals surface area contributed by atoms with Gasteiger partial charge in [-0.2, -0.15) is 0 Å². The number of fused-ring (bicyclic) bond motifs is 5. The van der Waals surface area contributed by atoms with Gasteiger partial charge < -0.3 is 10.4 Å². The van der Waals surface area contributed by atoms with Gasteiger partial charge in [0.15, 0.2) is 0 Å². The molecule has 5 nitrogen and oxygen atoms in total. The Balaban J connectivity index is 1.88. The molecule has 2 aromatic carbocycles. The highest BCUT2D eigenvalue weighted by Crippen LogP contribution is 2.44. The molecule has 2 aliphatic rings. The number of halogens is 1. The van der Waals surface area contributed by atoms with Gasteiger partial charge in [0.05, 0.1) is 17.0 Å². The number of benzene rings is 2. The first kappa shape index (κ1) is 17.6. The first-order valence-electron chi connectivity index (χ1n) is 8.68. The summed E-state index contributed by atoms with van der Waals surface area (Å²) >= 11 is 6.13. The standard InChI is InChI=1S/C19H21ClN2O3S/c1-26(24,25)22-16-4-2-3-13-12(16)5-6-17-19(13)14-10-18(23)15(20)9-11(14)7-8-21-17/h2-4,9-10,17,19,21-23H,5-8H2,1H3/t17-,19+/m0/s1. The monoisotopic (exact) mass is 392 g/mol. The number of phenolic OH excluding ortho intramolecular Hbond substituents is 1. The van der Waals surface area contributed by atoms with E-state index in [-0.39, 0.29) is 17.7 Å². The maximum Gasteiger partial charge on any atom is 0.229 e. The second-order valence-electron chi connectivity index (χ2n) is 7.08. The second-order valence-corrected chi connectivity index (χ2v) is 9.23. The average molecular weight is 393 g/mol. The van der Waals surface area contributed by atoms with Crippen molar-refractivity contribution in [3.63, 3.8) is 0 Å².